The molecule has 2 rings (SSSR count). The number of rotatable bonds is 6. The first-order valence-electron chi connectivity index (χ1n) is 10.9. The molecule has 3 N–H and O–H groups in total. The van der Waals surface area contributed by atoms with Gasteiger partial charge in [-0.05, 0) is 54.2 Å². The molecular weight excluding hydrogens is 394 g/mol. The SMILES string of the molecule is CC[C@H]1[C@H](C)[C@@H](N)c2cc(C(=O)NCCO[Si](C)(C)C(C)(C)C)ccc2N1C(C)=O. The normalized spacial score (nSPS) is 21.9. The number of hydrogen-bond donors (Lipinski definition) is 2. The van der Waals surface area contributed by atoms with Crippen LogP contribution in [0.25, 0.3) is 0 Å². The minimum Gasteiger partial charge on any atom is -0.415 e. The van der Waals surface area contributed by atoms with E-state index in [-0.39, 0.29) is 34.9 Å². The molecule has 1 aliphatic heterocycles. The van der Waals surface area contributed by atoms with Crippen LogP contribution in [0.2, 0.25) is 18.1 Å². The predicted octanol–water partition coefficient (Wildman–Crippen LogP) is 4.22. The third-order valence-electron chi connectivity index (χ3n) is 6.83. The summed E-state index contributed by atoms with van der Waals surface area (Å²) in [6.07, 6.45) is 0.838. The van der Waals surface area contributed by atoms with Crippen molar-refractivity contribution in [2.45, 2.75) is 78.2 Å². The molecule has 0 spiro atoms. The van der Waals surface area contributed by atoms with Crippen LogP contribution in [0.15, 0.2) is 18.2 Å². The van der Waals surface area contributed by atoms with Crippen molar-refractivity contribution in [1.29, 1.82) is 0 Å². The number of amides is 2. The summed E-state index contributed by atoms with van der Waals surface area (Å²) in [6, 6.07) is 5.32. The third-order valence-corrected chi connectivity index (χ3v) is 11.4. The first-order valence-corrected chi connectivity index (χ1v) is 13.8. The molecule has 0 aliphatic carbocycles. The van der Waals surface area contributed by atoms with E-state index in [4.69, 9.17) is 10.2 Å². The minimum absolute atomic E-state index is 0.00169. The summed E-state index contributed by atoms with van der Waals surface area (Å²) in [6.45, 7) is 17.7. The number of benzene rings is 1. The molecule has 1 aromatic rings. The first kappa shape index (κ1) is 24.6. The lowest BCUT2D eigenvalue weighted by atomic mass is 9.81. The van der Waals surface area contributed by atoms with Crippen LogP contribution in [0.1, 0.15) is 69.9 Å². The molecule has 30 heavy (non-hydrogen) atoms. The molecule has 0 bridgehead atoms. The Morgan fingerprint density at radius 3 is 2.43 bits per heavy atom. The van der Waals surface area contributed by atoms with Crippen LogP contribution in [0, 0.1) is 5.92 Å². The summed E-state index contributed by atoms with van der Waals surface area (Å²) in [5.74, 6) is -0.0343. The van der Waals surface area contributed by atoms with Gasteiger partial charge in [0.1, 0.15) is 0 Å². The highest BCUT2D eigenvalue weighted by Gasteiger charge is 2.38. The molecule has 3 atom stereocenters. The van der Waals surface area contributed by atoms with Gasteiger partial charge in [0.25, 0.3) is 5.91 Å². The highest BCUT2D eigenvalue weighted by Crippen LogP contribution is 2.41. The van der Waals surface area contributed by atoms with Gasteiger partial charge in [0.2, 0.25) is 5.91 Å². The molecule has 168 valence electrons. The summed E-state index contributed by atoms with van der Waals surface area (Å²) in [7, 11) is -1.83. The lowest BCUT2D eigenvalue weighted by molar-refractivity contribution is -0.117. The Balaban J connectivity index is 2.12. The van der Waals surface area contributed by atoms with E-state index in [1.165, 1.54) is 0 Å². The van der Waals surface area contributed by atoms with Crippen LogP contribution in [0.4, 0.5) is 5.69 Å². The van der Waals surface area contributed by atoms with Crippen molar-refractivity contribution in [3.05, 3.63) is 29.3 Å². The summed E-state index contributed by atoms with van der Waals surface area (Å²) in [5, 5.41) is 3.09. The summed E-state index contributed by atoms with van der Waals surface area (Å²) < 4.78 is 6.13. The molecule has 0 aromatic heterocycles. The lowest BCUT2D eigenvalue weighted by Gasteiger charge is -2.43. The molecular formula is C23H39N3O3Si. The van der Waals surface area contributed by atoms with Crippen LogP contribution in [0.3, 0.4) is 0 Å². The van der Waals surface area contributed by atoms with E-state index in [0.29, 0.717) is 18.7 Å². The summed E-state index contributed by atoms with van der Waals surface area (Å²) >= 11 is 0. The molecule has 0 saturated carbocycles. The van der Waals surface area contributed by atoms with Crippen molar-refractivity contribution >= 4 is 25.8 Å². The number of hydrogen-bond acceptors (Lipinski definition) is 4. The van der Waals surface area contributed by atoms with Crippen LogP contribution in [-0.2, 0) is 9.22 Å². The molecule has 0 fully saturated rings. The number of nitrogens with zero attached hydrogens (tertiary/aromatic N) is 1. The van der Waals surface area contributed by atoms with Gasteiger partial charge in [0, 0.05) is 36.8 Å². The smallest absolute Gasteiger partial charge is 0.251 e. The van der Waals surface area contributed by atoms with Crippen molar-refractivity contribution in [3.8, 4) is 0 Å². The Morgan fingerprint density at radius 1 is 1.27 bits per heavy atom. The molecule has 0 saturated heterocycles. The molecule has 0 unspecified atom stereocenters. The van der Waals surface area contributed by atoms with Crippen molar-refractivity contribution < 1.29 is 14.0 Å². The fourth-order valence-corrected chi connectivity index (χ4v) is 4.91. The first-order chi connectivity index (χ1) is 13.8. The second-order valence-electron chi connectivity index (χ2n) is 9.89. The maximum atomic E-state index is 12.7. The fourth-order valence-electron chi connectivity index (χ4n) is 3.87. The van der Waals surface area contributed by atoms with Crippen molar-refractivity contribution in [3.63, 3.8) is 0 Å². The number of nitrogens with two attached hydrogens (primary N) is 1. The summed E-state index contributed by atoms with van der Waals surface area (Å²) in [4.78, 5) is 26.9. The van der Waals surface area contributed by atoms with Gasteiger partial charge in [-0.25, -0.2) is 0 Å². The van der Waals surface area contributed by atoms with Gasteiger partial charge in [-0.15, -0.1) is 0 Å². The standard InChI is InChI=1S/C23H39N3O3Si/c1-9-19-15(2)21(24)18-14-17(10-11-20(18)26(19)16(3)27)22(28)25-12-13-29-30(7,8)23(4,5)6/h10-11,14-15,19,21H,9,12-13,24H2,1-8H3,(H,25,28)/t15-,19-,21+/m0/s1. The van der Waals surface area contributed by atoms with E-state index in [1.807, 2.05) is 17.0 Å². The zero-order chi connectivity index (χ0) is 22.9. The molecule has 1 heterocycles. The van der Waals surface area contributed by atoms with Crippen LogP contribution < -0.4 is 16.0 Å². The molecule has 2 amide bonds. The average molecular weight is 434 g/mol. The van der Waals surface area contributed by atoms with Gasteiger partial charge in [-0.1, -0.05) is 34.6 Å². The topological polar surface area (TPSA) is 84.7 Å². The Hall–Kier alpha value is -1.70. The third kappa shape index (κ3) is 4.95. The monoisotopic (exact) mass is 433 g/mol. The van der Waals surface area contributed by atoms with E-state index in [2.05, 4.69) is 53.0 Å². The Morgan fingerprint density at radius 2 is 1.90 bits per heavy atom. The molecule has 7 heteroatoms. The summed E-state index contributed by atoms with van der Waals surface area (Å²) in [5.41, 5.74) is 8.74. The highest BCUT2D eigenvalue weighted by atomic mass is 28.4. The number of carbonyl (C=O) groups is 2. The maximum Gasteiger partial charge on any atom is 0.251 e. The van der Waals surface area contributed by atoms with Gasteiger partial charge >= 0.3 is 0 Å². The number of anilines is 1. The zero-order valence-corrected chi connectivity index (χ0v) is 20.8. The maximum absolute atomic E-state index is 12.7. The van der Waals surface area contributed by atoms with E-state index in [0.717, 1.165) is 17.7 Å². The molecule has 1 aliphatic rings. The Kier molecular flexibility index (Phi) is 7.53. The van der Waals surface area contributed by atoms with Gasteiger partial charge in [-0.3, -0.25) is 9.59 Å². The van der Waals surface area contributed by atoms with Crippen LogP contribution in [-0.4, -0.2) is 39.3 Å². The van der Waals surface area contributed by atoms with Crippen molar-refractivity contribution in [1.82, 2.24) is 5.32 Å². The van der Waals surface area contributed by atoms with E-state index < -0.39 is 8.32 Å². The number of nitrogens with one attached hydrogen (secondary N) is 1. The van der Waals surface area contributed by atoms with Crippen molar-refractivity contribution in [2.24, 2.45) is 11.7 Å². The number of fused-ring (bicyclic) bond motifs is 1. The Bertz CT molecular complexity index is 788. The molecule has 0 radical (unpaired) electrons. The lowest BCUT2D eigenvalue weighted by Crippen LogP contribution is -2.50. The fraction of sp³-hybridized carbons (Fsp3) is 0.652. The van der Waals surface area contributed by atoms with Gasteiger partial charge < -0.3 is 20.4 Å². The quantitative estimate of drug-likeness (QED) is 0.520. The average Bonchev–Trinajstić information content (AvgIpc) is 2.66. The highest BCUT2D eigenvalue weighted by molar-refractivity contribution is 6.74. The number of carbonyl (C=O) groups excluding carboxylic acids is 2. The second kappa shape index (κ2) is 9.20. The second-order valence-corrected chi connectivity index (χ2v) is 14.7. The van der Waals surface area contributed by atoms with Gasteiger partial charge in [-0.2, -0.15) is 0 Å². The van der Waals surface area contributed by atoms with Gasteiger partial charge in [0.15, 0.2) is 8.32 Å². The van der Waals surface area contributed by atoms with E-state index in [9.17, 15) is 9.59 Å². The van der Waals surface area contributed by atoms with Crippen LogP contribution in [0.5, 0.6) is 0 Å². The van der Waals surface area contributed by atoms with E-state index >= 15 is 0 Å². The molecule has 6 nitrogen and oxygen atoms in total. The van der Waals surface area contributed by atoms with E-state index in [1.54, 1.807) is 13.0 Å². The van der Waals surface area contributed by atoms with Crippen molar-refractivity contribution in [2.75, 3.05) is 18.1 Å². The zero-order valence-electron chi connectivity index (χ0n) is 19.8. The largest absolute Gasteiger partial charge is 0.415 e. The van der Waals surface area contributed by atoms with Crippen LogP contribution >= 0.6 is 0 Å². The Labute approximate surface area is 182 Å². The minimum atomic E-state index is -1.83. The molecule has 1 aromatic carbocycles. The predicted molar refractivity (Wildman–Crippen MR) is 125 cm³/mol. The van der Waals surface area contributed by atoms with Gasteiger partial charge in [0.05, 0.1) is 6.61 Å².